The third-order valence-corrected chi connectivity index (χ3v) is 3.52. The van der Waals surface area contributed by atoms with E-state index in [2.05, 4.69) is 18.0 Å². The van der Waals surface area contributed by atoms with Gasteiger partial charge in [0.05, 0.1) is 0 Å². The van der Waals surface area contributed by atoms with Gasteiger partial charge in [0, 0.05) is 6.04 Å². The maximum absolute atomic E-state index is 9.54. The predicted octanol–water partition coefficient (Wildman–Crippen LogP) is 1.73. The average molecular weight is 220 g/mol. The lowest BCUT2D eigenvalue weighted by molar-refractivity contribution is 0.125. The normalized spacial score (nSPS) is 26.9. The number of aromatic hydroxyl groups is 1. The quantitative estimate of drug-likeness (QED) is 0.798. The van der Waals surface area contributed by atoms with Crippen LogP contribution in [0.4, 0.5) is 0 Å². The number of nitrogens with zero attached hydrogens (tertiary/aromatic N) is 1. The summed E-state index contributed by atoms with van der Waals surface area (Å²) >= 11 is 0. The van der Waals surface area contributed by atoms with Crippen LogP contribution in [0.25, 0.3) is 0 Å². The Morgan fingerprint density at radius 1 is 1.50 bits per heavy atom. The van der Waals surface area contributed by atoms with E-state index < -0.39 is 0 Å². The van der Waals surface area contributed by atoms with Gasteiger partial charge in [0.2, 0.25) is 0 Å². The molecule has 0 bridgehead atoms. The number of hydrogen-bond donors (Lipinski definition) is 2. The summed E-state index contributed by atoms with van der Waals surface area (Å²) in [5.74, 6) is 0.841. The molecule has 3 nitrogen and oxygen atoms in total. The fourth-order valence-electron chi connectivity index (χ4n) is 2.74. The standard InChI is InChI=1S/C13H20N2O/c1-15-7-3-5-11(9-14)13(15)10-4-2-6-12(16)8-10/h2,4,6,8,11,13,16H,3,5,7,9,14H2,1H3/t11-,13-/m1/s1. The van der Waals surface area contributed by atoms with Gasteiger partial charge in [-0.1, -0.05) is 12.1 Å². The zero-order chi connectivity index (χ0) is 11.5. The third-order valence-electron chi connectivity index (χ3n) is 3.52. The Hall–Kier alpha value is -1.06. The first-order valence-corrected chi connectivity index (χ1v) is 5.91. The van der Waals surface area contributed by atoms with Crippen LogP contribution in [-0.2, 0) is 0 Å². The van der Waals surface area contributed by atoms with Gasteiger partial charge in [-0.2, -0.15) is 0 Å². The summed E-state index contributed by atoms with van der Waals surface area (Å²) < 4.78 is 0. The van der Waals surface area contributed by atoms with Gasteiger partial charge in [-0.3, -0.25) is 4.90 Å². The molecule has 3 N–H and O–H groups in total. The molecule has 2 rings (SSSR count). The van der Waals surface area contributed by atoms with Gasteiger partial charge in [0.25, 0.3) is 0 Å². The molecular weight excluding hydrogens is 200 g/mol. The number of phenols is 1. The number of nitrogens with two attached hydrogens (primary N) is 1. The molecule has 0 amide bonds. The van der Waals surface area contributed by atoms with Crippen LogP contribution in [0.3, 0.4) is 0 Å². The first-order valence-electron chi connectivity index (χ1n) is 5.91. The molecule has 1 saturated heterocycles. The van der Waals surface area contributed by atoms with Gasteiger partial charge in [-0.25, -0.2) is 0 Å². The van der Waals surface area contributed by atoms with E-state index >= 15 is 0 Å². The summed E-state index contributed by atoms with van der Waals surface area (Å²) in [4.78, 5) is 2.34. The molecule has 3 heteroatoms. The second-order valence-electron chi connectivity index (χ2n) is 4.66. The van der Waals surface area contributed by atoms with Crippen molar-refractivity contribution in [1.82, 2.24) is 4.90 Å². The van der Waals surface area contributed by atoms with Gasteiger partial charge in [-0.05, 0) is 56.6 Å². The van der Waals surface area contributed by atoms with E-state index in [4.69, 9.17) is 5.73 Å². The van der Waals surface area contributed by atoms with Gasteiger partial charge in [0.1, 0.15) is 5.75 Å². The van der Waals surface area contributed by atoms with Gasteiger partial charge in [0.15, 0.2) is 0 Å². The highest BCUT2D eigenvalue weighted by Crippen LogP contribution is 2.35. The summed E-state index contributed by atoms with van der Waals surface area (Å²) in [6, 6.07) is 7.90. The molecular formula is C13H20N2O. The SMILES string of the molecule is CN1CCC[C@H](CN)[C@H]1c1cccc(O)c1. The van der Waals surface area contributed by atoms with Crippen LogP contribution in [0, 0.1) is 5.92 Å². The highest BCUT2D eigenvalue weighted by atomic mass is 16.3. The Morgan fingerprint density at radius 3 is 3.00 bits per heavy atom. The molecule has 88 valence electrons. The molecule has 0 saturated carbocycles. The second-order valence-corrected chi connectivity index (χ2v) is 4.66. The molecule has 0 aromatic heterocycles. The van der Waals surface area contributed by atoms with Crippen molar-refractivity contribution in [2.45, 2.75) is 18.9 Å². The van der Waals surface area contributed by atoms with Crippen LogP contribution in [0.5, 0.6) is 5.75 Å². The molecule has 0 radical (unpaired) electrons. The van der Waals surface area contributed by atoms with E-state index in [1.54, 1.807) is 6.07 Å². The van der Waals surface area contributed by atoms with Crippen LogP contribution in [-0.4, -0.2) is 30.1 Å². The molecule has 2 atom stereocenters. The number of piperidine rings is 1. The molecule has 1 aromatic rings. The lowest BCUT2D eigenvalue weighted by Gasteiger charge is -2.39. The summed E-state index contributed by atoms with van der Waals surface area (Å²) in [5.41, 5.74) is 7.02. The number of benzene rings is 1. The number of phenolic OH excluding ortho intramolecular Hbond substituents is 1. The van der Waals surface area contributed by atoms with E-state index in [0.29, 0.717) is 24.3 Å². The third kappa shape index (κ3) is 2.20. The first-order chi connectivity index (χ1) is 7.72. The molecule has 0 spiro atoms. The molecule has 16 heavy (non-hydrogen) atoms. The zero-order valence-corrected chi connectivity index (χ0v) is 9.76. The van der Waals surface area contributed by atoms with E-state index in [0.717, 1.165) is 6.54 Å². The molecule has 1 aromatic carbocycles. The van der Waals surface area contributed by atoms with Crippen LogP contribution < -0.4 is 5.73 Å². The van der Waals surface area contributed by atoms with Crippen LogP contribution in [0.1, 0.15) is 24.4 Å². The molecule has 1 heterocycles. The first kappa shape index (κ1) is 11.4. The van der Waals surface area contributed by atoms with Gasteiger partial charge in [-0.15, -0.1) is 0 Å². The topological polar surface area (TPSA) is 49.5 Å². The van der Waals surface area contributed by atoms with Crippen molar-refractivity contribution in [3.63, 3.8) is 0 Å². The van der Waals surface area contributed by atoms with E-state index in [1.807, 2.05) is 12.1 Å². The minimum atomic E-state index is 0.340. The predicted molar refractivity (Wildman–Crippen MR) is 65.3 cm³/mol. The lowest BCUT2D eigenvalue weighted by atomic mass is 9.85. The van der Waals surface area contributed by atoms with Crippen molar-refractivity contribution in [1.29, 1.82) is 0 Å². The Kier molecular flexibility index (Phi) is 3.46. The second kappa shape index (κ2) is 4.85. The maximum atomic E-state index is 9.54. The Labute approximate surface area is 96.9 Å². The summed E-state index contributed by atoms with van der Waals surface area (Å²) in [6.07, 6.45) is 2.40. The van der Waals surface area contributed by atoms with Crippen molar-refractivity contribution in [3.8, 4) is 5.75 Å². The van der Waals surface area contributed by atoms with Crippen molar-refractivity contribution < 1.29 is 5.11 Å². The highest BCUT2D eigenvalue weighted by Gasteiger charge is 2.29. The molecule has 0 unspecified atom stereocenters. The minimum Gasteiger partial charge on any atom is -0.508 e. The highest BCUT2D eigenvalue weighted by molar-refractivity contribution is 5.30. The van der Waals surface area contributed by atoms with Crippen LogP contribution in [0.2, 0.25) is 0 Å². The minimum absolute atomic E-state index is 0.340. The summed E-state index contributed by atoms with van der Waals surface area (Å²) in [5, 5.41) is 9.54. The smallest absolute Gasteiger partial charge is 0.115 e. The maximum Gasteiger partial charge on any atom is 0.115 e. The average Bonchev–Trinajstić information content (AvgIpc) is 2.28. The van der Waals surface area contributed by atoms with Crippen molar-refractivity contribution in [3.05, 3.63) is 29.8 Å². The summed E-state index contributed by atoms with van der Waals surface area (Å²) in [6.45, 7) is 1.82. The van der Waals surface area contributed by atoms with E-state index in [9.17, 15) is 5.11 Å². The zero-order valence-electron chi connectivity index (χ0n) is 9.76. The van der Waals surface area contributed by atoms with Crippen LogP contribution in [0.15, 0.2) is 24.3 Å². The Morgan fingerprint density at radius 2 is 2.31 bits per heavy atom. The van der Waals surface area contributed by atoms with Crippen molar-refractivity contribution in [2.24, 2.45) is 11.7 Å². The summed E-state index contributed by atoms with van der Waals surface area (Å²) in [7, 11) is 2.14. The molecule has 1 aliphatic heterocycles. The van der Waals surface area contributed by atoms with E-state index in [-0.39, 0.29) is 0 Å². The van der Waals surface area contributed by atoms with Crippen molar-refractivity contribution in [2.75, 3.05) is 20.1 Å². The number of hydrogen-bond acceptors (Lipinski definition) is 3. The monoisotopic (exact) mass is 220 g/mol. The van der Waals surface area contributed by atoms with Gasteiger partial charge >= 0.3 is 0 Å². The fourth-order valence-corrected chi connectivity index (χ4v) is 2.74. The van der Waals surface area contributed by atoms with E-state index in [1.165, 1.54) is 18.4 Å². The number of rotatable bonds is 2. The fraction of sp³-hybridized carbons (Fsp3) is 0.538. The largest absolute Gasteiger partial charge is 0.508 e. The molecule has 1 fully saturated rings. The Bertz CT molecular complexity index is 354. The molecule has 1 aliphatic rings. The Balaban J connectivity index is 2.28. The van der Waals surface area contributed by atoms with Gasteiger partial charge < -0.3 is 10.8 Å². The van der Waals surface area contributed by atoms with Crippen LogP contribution >= 0.6 is 0 Å². The lowest BCUT2D eigenvalue weighted by Crippen LogP contribution is -2.39. The molecule has 0 aliphatic carbocycles. The van der Waals surface area contributed by atoms with Crippen molar-refractivity contribution >= 4 is 0 Å². The number of likely N-dealkylation sites (tertiary alicyclic amines) is 1.